The number of hydrogen-bond donors (Lipinski definition) is 1. The monoisotopic (exact) mass is 189 g/mol. The third kappa shape index (κ3) is 3.72. The Hall–Kier alpha value is -0.640. The molecule has 0 saturated carbocycles. The second kappa shape index (κ2) is 5.17. The van der Waals surface area contributed by atoms with Crippen molar-refractivity contribution in [2.24, 2.45) is 5.92 Å². The molecule has 0 aromatic heterocycles. The first-order valence-electron chi connectivity index (χ1n) is 4.72. The van der Waals surface area contributed by atoms with Crippen LogP contribution in [0.15, 0.2) is 0 Å². The van der Waals surface area contributed by atoms with Crippen LogP contribution in [0.5, 0.6) is 0 Å². The van der Waals surface area contributed by atoms with Crippen molar-refractivity contribution in [1.29, 1.82) is 0 Å². The average Bonchev–Trinajstić information content (AvgIpc) is 2.48. The highest BCUT2D eigenvalue weighted by molar-refractivity contribution is 5.67. The lowest BCUT2D eigenvalue weighted by atomic mass is 10.1. The molecule has 1 rings (SSSR count). The van der Waals surface area contributed by atoms with Gasteiger partial charge in [0.1, 0.15) is 0 Å². The number of carboxylic acids is 1. The first-order chi connectivity index (χ1) is 6.22. The van der Waals surface area contributed by atoms with Crippen LogP contribution in [0, 0.1) is 5.92 Å². The zero-order valence-electron chi connectivity index (χ0n) is 7.71. The molecule has 0 bridgehead atoms. The summed E-state index contributed by atoms with van der Waals surface area (Å²) in [6.07, 6.45) is 1.77. The molecule has 4 heteroatoms. The fourth-order valence-electron chi connectivity index (χ4n) is 1.81. The Bertz CT molecular complexity index is 175. The SMILES string of the molecule is O=C(O)CC1CCN(CCCF)C1. The molecular formula is C9H16FNO2. The molecule has 1 unspecified atom stereocenters. The Morgan fingerprint density at radius 2 is 2.38 bits per heavy atom. The molecule has 0 aromatic carbocycles. The molecule has 0 radical (unpaired) electrons. The molecule has 0 aromatic rings. The quantitative estimate of drug-likeness (QED) is 0.705. The molecule has 1 heterocycles. The number of rotatable bonds is 5. The van der Waals surface area contributed by atoms with Gasteiger partial charge < -0.3 is 10.0 Å². The molecule has 0 spiro atoms. The summed E-state index contributed by atoms with van der Waals surface area (Å²) in [5.41, 5.74) is 0. The van der Waals surface area contributed by atoms with Crippen LogP contribution in [0.25, 0.3) is 0 Å². The van der Waals surface area contributed by atoms with Gasteiger partial charge in [-0.25, -0.2) is 0 Å². The van der Waals surface area contributed by atoms with E-state index in [4.69, 9.17) is 5.11 Å². The molecule has 13 heavy (non-hydrogen) atoms. The molecule has 1 atom stereocenters. The van der Waals surface area contributed by atoms with Gasteiger partial charge in [0.2, 0.25) is 0 Å². The van der Waals surface area contributed by atoms with Gasteiger partial charge in [0.25, 0.3) is 0 Å². The number of carbonyl (C=O) groups is 1. The largest absolute Gasteiger partial charge is 0.481 e. The van der Waals surface area contributed by atoms with Crippen molar-refractivity contribution >= 4 is 5.97 Å². The highest BCUT2D eigenvalue weighted by Gasteiger charge is 2.23. The molecule has 0 aliphatic carbocycles. The van der Waals surface area contributed by atoms with E-state index in [1.807, 2.05) is 0 Å². The predicted octanol–water partition coefficient (Wildman–Crippen LogP) is 1.14. The van der Waals surface area contributed by atoms with E-state index in [0.29, 0.717) is 6.42 Å². The van der Waals surface area contributed by atoms with Crippen molar-refractivity contribution in [2.75, 3.05) is 26.3 Å². The molecule has 1 aliphatic heterocycles. The van der Waals surface area contributed by atoms with Gasteiger partial charge in [0.05, 0.1) is 6.67 Å². The topological polar surface area (TPSA) is 40.5 Å². The van der Waals surface area contributed by atoms with Gasteiger partial charge in [-0.15, -0.1) is 0 Å². The third-order valence-electron chi connectivity index (χ3n) is 2.44. The van der Waals surface area contributed by atoms with Crippen LogP contribution in [-0.4, -0.2) is 42.3 Å². The maximum absolute atomic E-state index is 11.8. The van der Waals surface area contributed by atoms with Gasteiger partial charge >= 0.3 is 5.97 Å². The van der Waals surface area contributed by atoms with Crippen molar-refractivity contribution in [3.8, 4) is 0 Å². The van der Waals surface area contributed by atoms with E-state index in [0.717, 1.165) is 26.1 Å². The Kier molecular flexibility index (Phi) is 4.15. The minimum Gasteiger partial charge on any atom is -0.481 e. The predicted molar refractivity (Wildman–Crippen MR) is 47.4 cm³/mol. The van der Waals surface area contributed by atoms with Gasteiger partial charge in [0, 0.05) is 19.5 Å². The summed E-state index contributed by atoms with van der Waals surface area (Å²) in [4.78, 5) is 12.5. The first-order valence-corrected chi connectivity index (χ1v) is 4.72. The van der Waals surface area contributed by atoms with Crippen LogP contribution < -0.4 is 0 Å². The molecule has 1 N–H and O–H groups in total. The Labute approximate surface area is 77.5 Å². The molecule has 0 amide bonds. The fourth-order valence-corrected chi connectivity index (χ4v) is 1.81. The van der Waals surface area contributed by atoms with Crippen molar-refractivity contribution in [3.63, 3.8) is 0 Å². The zero-order chi connectivity index (χ0) is 9.68. The molecule has 3 nitrogen and oxygen atoms in total. The van der Waals surface area contributed by atoms with E-state index in [1.165, 1.54) is 0 Å². The molecular weight excluding hydrogens is 173 g/mol. The minimum atomic E-state index is -0.725. The molecule has 1 fully saturated rings. The highest BCUT2D eigenvalue weighted by atomic mass is 19.1. The van der Waals surface area contributed by atoms with E-state index in [9.17, 15) is 9.18 Å². The van der Waals surface area contributed by atoms with Crippen LogP contribution in [0.2, 0.25) is 0 Å². The smallest absolute Gasteiger partial charge is 0.303 e. The standard InChI is InChI=1S/C9H16FNO2/c10-3-1-4-11-5-2-8(7-11)6-9(12)13/h8H,1-7H2,(H,12,13). The second-order valence-electron chi connectivity index (χ2n) is 3.60. The van der Waals surface area contributed by atoms with E-state index in [1.54, 1.807) is 0 Å². The van der Waals surface area contributed by atoms with Crippen LogP contribution in [-0.2, 0) is 4.79 Å². The number of halogens is 1. The Morgan fingerprint density at radius 3 is 3.00 bits per heavy atom. The summed E-state index contributed by atoms with van der Waals surface area (Å²) in [6, 6.07) is 0. The number of alkyl halides is 1. The summed E-state index contributed by atoms with van der Waals surface area (Å²) in [7, 11) is 0. The third-order valence-corrected chi connectivity index (χ3v) is 2.44. The lowest BCUT2D eigenvalue weighted by Crippen LogP contribution is -2.22. The van der Waals surface area contributed by atoms with E-state index in [-0.39, 0.29) is 19.0 Å². The Morgan fingerprint density at radius 1 is 1.62 bits per heavy atom. The van der Waals surface area contributed by atoms with Crippen molar-refractivity contribution in [2.45, 2.75) is 19.3 Å². The first kappa shape index (κ1) is 10.4. The number of carboxylic acid groups (broad SMARTS) is 1. The number of nitrogens with zero attached hydrogens (tertiary/aromatic N) is 1. The molecule has 1 aliphatic rings. The highest BCUT2D eigenvalue weighted by Crippen LogP contribution is 2.19. The maximum Gasteiger partial charge on any atom is 0.303 e. The maximum atomic E-state index is 11.8. The summed E-state index contributed by atoms with van der Waals surface area (Å²) in [5, 5.41) is 8.56. The van der Waals surface area contributed by atoms with Crippen molar-refractivity contribution in [1.82, 2.24) is 4.90 Å². The number of aliphatic carboxylic acids is 1. The van der Waals surface area contributed by atoms with E-state index >= 15 is 0 Å². The minimum absolute atomic E-state index is 0.256. The summed E-state index contributed by atoms with van der Waals surface area (Å²) in [5.74, 6) is -0.450. The lowest BCUT2D eigenvalue weighted by Gasteiger charge is -2.13. The summed E-state index contributed by atoms with van der Waals surface area (Å²) >= 11 is 0. The van der Waals surface area contributed by atoms with Gasteiger partial charge in [-0.2, -0.15) is 0 Å². The van der Waals surface area contributed by atoms with Crippen LogP contribution in [0.1, 0.15) is 19.3 Å². The normalized spacial score (nSPS) is 23.6. The number of hydrogen-bond acceptors (Lipinski definition) is 2. The lowest BCUT2D eigenvalue weighted by molar-refractivity contribution is -0.138. The van der Waals surface area contributed by atoms with Crippen molar-refractivity contribution < 1.29 is 14.3 Å². The molecule has 76 valence electrons. The van der Waals surface area contributed by atoms with Crippen LogP contribution >= 0.6 is 0 Å². The van der Waals surface area contributed by atoms with E-state index in [2.05, 4.69) is 4.90 Å². The molecule has 1 saturated heterocycles. The van der Waals surface area contributed by atoms with Crippen LogP contribution in [0.4, 0.5) is 4.39 Å². The zero-order valence-corrected chi connectivity index (χ0v) is 7.71. The fraction of sp³-hybridized carbons (Fsp3) is 0.889. The van der Waals surface area contributed by atoms with Gasteiger partial charge in [0.15, 0.2) is 0 Å². The average molecular weight is 189 g/mol. The summed E-state index contributed by atoms with van der Waals surface area (Å²) < 4.78 is 11.8. The summed E-state index contributed by atoms with van der Waals surface area (Å²) in [6.45, 7) is 2.25. The van der Waals surface area contributed by atoms with Crippen molar-refractivity contribution in [3.05, 3.63) is 0 Å². The van der Waals surface area contributed by atoms with Gasteiger partial charge in [-0.1, -0.05) is 0 Å². The number of likely N-dealkylation sites (tertiary alicyclic amines) is 1. The van der Waals surface area contributed by atoms with Gasteiger partial charge in [-0.3, -0.25) is 9.18 Å². The Balaban J connectivity index is 2.16. The van der Waals surface area contributed by atoms with E-state index < -0.39 is 5.97 Å². The van der Waals surface area contributed by atoms with Crippen LogP contribution in [0.3, 0.4) is 0 Å². The van der Waals surface area contributed by atoms with Gasteiger partial charge in [-0.05, 0) is 25.3 Å². The second-order valence-corrected chi connectivity index (χ2v) is 3.60.